The number of rotatable bonds is 8. The monoisotopic (exact) mass is 403 g/mol. The van der Waals surface area contributed by atoms with Crippen LogP contribution in [0.15, 0.2) is 28.8 Å². The number of nitrogens with zero attached hydrogens (tertiary/aromatic N) is 2. The molecular weight excluding hydrogens is 378 g/mol. The maximum atomic E-state index is 13.2. The number of carbonyl (C=O) groups is 2. The number of ether oxygens (including phenoxy) is 3. The zero-order chi connectivity index (χ0) is 20.8. The van der Waals surface area contributed by atoms with Crippen molar-refractivity contribution in [2.24, 2.45) is 0 Å². The Hall–Kier alpha value is -3.07. The first-order valence-electron chi connectivity index (χ1n) is 9.36. The first-order valence-corrected chi connectivity index (χ1v) is 9.36. The van der Waals surface area contributed by atoms with E-state index in [-0.39, 0.29) is 24.5 Å². The second-order valence-corrected chi connectivity index (χ2v) is 6.76. The van der Waals surface area contributed by atoms with Gasteiger partial charge < -0.3 is 29.0 Å². The van der Waals surface area contributed by atoms with Crippen molar-refractivity contribution in [2.75, 3.05) is 39.2 Å². The van der Waals surface area contributed by atoms with Gasteiger partial charge in [0.2, 0.25) is 5.91 Å². The van der Waals surface area contributed by atoms with Crippen LogP contribution in [0.5, 0.6) is 11.5 Å². The topological polar surface area (TPSA) is 103 Å². The minimum Gasteiger partial charge on any atom is -0.497 e. The van der Waals surface area contributed by atoms with Gasteiger partial charge in [0, 0.05) is 25.3 Å². The van der Waals surface area contributed by atoms with Crippen LogP contribution in [0.4, 0.5) is 5.82 Å². The molecule has 29 heavy (non-hydrogen) atoms. The third-order valence-corrected chi connectivity index (χ3v) is 4.60. The molecule has 2 amide bonds. The lowest BCUT2D eigenvalue weighted by Gasteiger charge is -2.25. The van der Waals surface area contributed by atoms with Gasteiger partial charge in [0.1, 0.15) is 23.8 Å². The number of carbonyl (C=O) groups excluding carboxylic acids is 2. The predicted molar refractivity (Wildman–Crippen MR) is 104 cm³/mol. The molecule has 1 aliphatic heterocycles. The van der Waals surface area contributed by atoms with Gasteiger partial charge in [-0.25, -0.2) is 0 Å². The van der Waals surface area contributed by atoms with Crippen LogP contribution in [-0.2, 0) is 9.53 Å². The molecule has 1 aliphatic rings. The lowest BCUT2D eigenvalue weighted by Crippen LogP contribution is -2.42. The molecule has 1 unspecified atom stereocenters. The number of anilines is 1. The summed E-state index contributed by atoms with van der Waals surface area (Å²) < 4.78 is 21.2. The van der Waals surface area contributed by atoms with E-state index in [2.05, 4.69) is 10.5 Å². The maximum Gasteiger partial charge on any atom is 0.258 e. The van der Waals surface area contributed by atoms with Crippen molar-refractivity contribution in [1.82, 2.24) is 10.1 Å². The Labute approximate surface area is 168 Å². The summed E-state index contributed by atoms with van der Waals surface area (Å²) >= 11 is 0. The number of benzene rings is 1. The van der Waals surface area contributed by atoms with Crippen LogP contribution in [0.1, 0.15) is 29.0 Å². The van der Waals surface area contributed by atoms with Crippen LogP contribution in [0, 0.1) is 6.92 Å². The van der Waals surface area contributed by atoms with E-state index in [0.717, 1.165) is 12.8 Å². The summed E-state index contributed by atoms with van der Waals surface area (Å²) in [5.74, 6) is 1.13. The Kier molecular flexibility index (Phi) is 6.71. The average molecular weight is 403 g/mol. The lowest BCUT2D eigenvalue weighted by molar-refractivity contribution is -0.117. The highest BCUT2D eigenvalue weighted by molar-refractivity contribution is 6.00. The Balaban J connectivity index is 1.78. The molecule has 9 nitrogen and oxygen atoms in total. The molecule has 0 radical (unpaired) electrons. The molecule has 0 saturated carbocycles. The molecule has 1 aromatic heterocycles. The first-order chi connectivity index (χ1) is 14.0. The molecule has 0 aliphatic carbocycles. The third-order valence-electron chi connectivity index (χ3n) is 4.60. The summed E-state index contributed by atoms with van der Waals surface area (Å²) in [7, 11) is 3.02. The highest BCUT2D eigenvalue weighted by atomic mass is 16.5. The first kappa shape index (κ1) is 20.7. The average Bonchev–Trinajstić information content (AvgIpc) is 3.38. The fraction of sp³-hybridized carbons (Fsp3) is 0.450. The summed E-state index contributed by atoms with van der Waals surface area (Å²) in [5.41, 5.74) is 0.344. The number of amides is 2. The van der Waals surface area contributed by atoms with E-state index in [4.69, 9.17) is 18.7 Å². The molecule has 1 atom stereocenters. The van der Waals surface area contributed by atoms with Crippen molar-refractivity contribution in [3.05, 3.63) is 35.6 Å². The third kappa shape index (κ3) is 5.26. The van der Waals surface area contributed by atoms with E-state index in [9.17, 15) is 9.59 Å². The minimum atomic E-state index is -0.378. The van der Waals surface area contributed by atoms with E-state index in [1.807, 2.05) is 0 Å². The summed E-state index contributed by atoms with van der Waals surface area (Å²) in [6.07, 6.45) is 1.67. The van der Waals surface area contributed by atoms with Gasteiger partial charge in [-0.05, 0) is 31.9 Å². The molecule has 0 bridgehead atoms. The van der Waals surface area contributed by atoms with Crippen molar-refractivity contribution >= 4 is 17.6 Å². The Morgan fingerprint density at radius 1 is 1.28 bits per heavy atom. The number of hydrogen-bond acceptors (Lipinski definition) is 7. The molecular formula is C20H25N3O6. The molecule has 3 rings (SSSR count). The summed E-state index contributed by atoms with van der Waals surface area (Å²) in [4.78, 5) is 27.2. The van der Waals surface area contributed by atoms with Crippen molar-refractivity contribution in [2.45, 2.75) is 25.9 Å². The molecule has 1 fully saturated rings. The quantitative estimate of drug-likeness (QED) is 0.721. The second kappa shape index (κ2) is 9.42. The Bertz CT molecular complexity index is 860. The van der Waals surface area contributed by atoms with Crippen LogP contribution in [0.3, 0.4) is 0 Å². The van der Waals surface area contributed by atoms with Gasteiger partial charge in [-0.3, -0.25) is 9.59 Å². The van der Waals surface area contributed by atoms with E-state index >= 15 is 0 Å². The zero-order valence-electron chi connectivity index (χ0n) is 16.8. The van der Waals surface area contributed by atoms with Gasteiger partial charge in [-0.15, -0.1) is 0 Å². The molecule has 2 aromatic rings. The van der Waals surface area contributed by atoms with E-state index in [1.165, 1.54) is 19.1 Å². The van der Waals surface area contributed by atoms with Crippen molar-refractivity contribution in [3.63, 3.8) is 0 Å². The Morgan fingerprint density at radius 2 is 2.10 bits per heavy atom. The molecule has 1 N–H and O–H groups in total. The number of nitrogens with one attached hydrogen (secondary N) is 1. The van der Waals surface area contributed by atoms with Crippen LogP contribution in [0.2, 0.25) is 0 Å². The zero-order valence-corrected chi connectivity index (χ0v) is 16.8. The molecule has 156 valence electrons. The van der Waals surface area contributed by atoms with E-state index in [1.54, 1.807) is 31.2 Å². The molecule has 2 heterocycles. The lowest BCUT2D eigenvalue weighted by atomic mass is 10.1. The standard InChI is InChI=1S/C20H25N3O6/c1-13-9-18(22-29-13)21-19(24)12-23(11-15-5-4-8-28-15)20(25)16-7-6-14(26-2)10-17(16)27-3/h6-7,9-10,15H,4-5,8,11-12H2,1-3H3,(H,21,22,24). The number of methoxy groups -OCH3 is 2. The summed E-state index contributed by atoms with van der Waals surface area (Å²) in [5, 5.41) is 6.39. The fourth-order valence-corrected chi connectivity index (χ4v) is 3.18. The predicted octanol–water partition coefficient (Wildman–Crippen LogP) is 2.26. The normalized spacial score (nSPS) is 15.8. The SMILES string of the molecule is COc1ccc(C(=O)N(CC(=O)Nc2cc(C)on2)CC2CCCO2)c(OC)c1. The largest absolute Gasteiger partial charge is 0.497 e. The van der Waals surface area contributed by atoms with Crippen LogP contribution in [0.25, 0.3) is 0 Å². The number of hydrogen-bond donors (Lipinski definition) is 1. The molecule has 9 heteroatoms. The van der Waals surface area contributed by atoms with E-state index < -0.39 is 0 Å². The van der Waals surface area contributed by atoms with Crippen LogP contribution >= 0.6 is 0 Å². The molecule has 0 spiro atoms. The smallest absolute Gasteiger partial charge is 0.258 e. The van der Waals surface area contributed by atoms with Crippen molar-refractivity contribution in [3.8, 4) is 11.5 Å². The minimum absolute atomic E-state index is 0.106. The van der Waals surface area contributed by atoms with Gasteiger partial charge in [-0.1, -0.05) is 5.16 Å². The second-order valence-electron chi connectivity index (χ2n) is 6.76. The number of aryl methyl sites for hydroxylation is 1. The maximum absolute atomic E-state index is 13.2. The highest BCUT2D eigenvalue weighted by Gasteiger charge is 2.27. The molecule has 1 saturated heterocycles. The van der Waals surface area contributed by atoms with Gasteiger partial charge in [0.25, 0.3) is 5.91 Å². The van der Waals surface area contributed by atoms with Crippen LogP contribution in [-0.4, -0.2) is 61.9 Å². The Morgan fingerprint density at radius 3 is 2.72 bits per heavy atom. The van der Waals surface area contributed by atoms with Gasteiger partial charge in [0.15, 0.2) is 5.82 Å². The van der Waals surface area contributed by atoms with Gasteiger partial charge in [-0.2, -0.15) is 0 Å². The van der Waals surface area contributed by atoms with Crippen molar-refractivity contribution in [1.29, 1.82) is 0 Å². The van der Waals surface area contributed by atoms with E-state index in [0.29, 0.717) is 41.8 Å². The summed E-state index contributed by atoms with van der Waals surface area (Å²) in [6, 6.07) is 6.55. The van der Waals surface area contributed by atoms with Crippen molar-refractivity contribution < 1.29 is 28.3 Å². The van der Waals surface area contributed by atoms with Gasteiger partial charge in [0.05, 0.1) is 25.9 Å². The highest BCUT2D eigenvalue weighted by Crippen LogP contribution is 2.26. The number of aromatic nitrogens is 1. The fourth-order valence-electron chi connectivity index (χ4n) is 3.18. The van der Waals surface area contributed by atoms with Crippen LogP contribution < -0.4 is 14.8 Å². The molecule has 1 aromatic carbocycles. The van der Waals surface area contributed by atoms with Gasteiger partial charge >= 0.3 is 0 Å². The summed E-state index contributed by atoms with van der Waals surface area (Å²) in [6.45, 7) is 2.54.